The number of benzene rings is 1. The number of nitrogens with zero attached hydrogens (tertiary/aromatic N) is 3. The van der Waals surface area contributed by atoms with E-state index in [1.165, 1.54) is 6.08 Å². The van der Waals surface area contributed by atoms with E-state index < -0.39 is 5.91 Å². The molecule has 0 bridgehead atoms. The Morgan fingerprint density at radius 3 is 2.67 bits per heavy atom. The van der Waals surface area contributed by atoms with Crippen molar-refractivity contribution in [2.75, 3.05) is 5.32 Å². The SMILES string of the molecule is O=CC(=Cc1ccccc1)C(=O)Nc1nn[nH]n1. The molecule has 0 fully saturated rings. The second-order valence-corrected chi connectivity index (χ2v) is 3.32. The molecule has 90 valence electrons. The topological polar surface area (TPSA) is 101 Å². The number of aromatic amines is 1. The average molecular weight is 243 g/mol. The number of amides is 1. The molecule has 0 spiro atoms. The predicted molar refractivity (Wildman–Crippen MR) is 63.3 cm³/mol. The lowest BCUT2D eigenvalue weighted by Gasteiger charge is -1.99. The van der Waals surface area contributed by atoms with Crippen LogP contribution in [-0.2, 0) is 9.59 Å². The Morgan fingerprint density at radius 1 is 1.28 bits per heavy atom. The molecule has 2 aromatic rings. The third kappa shape index (κ3) is 2.85. The molecule has 0 radical (unpaired) electrons. The van der Waals surface area contributed by atoms with Crippen molar-refractivity contribution in [2.45, 2.75) is 0 Å². The zero-order chi connectivity index (χ0) is 12.8. The van der Waals surface area contributed by atoms with E-state index in [-0.39, 0.29) is 11.5 Å². The molecule has 1 aromatic carbocycles. The van der Waals surface area contributed by atoms with Crippen molar-refractivity contribution in [3.63, 3.8) is 0 Å². The molecule has 2 rings (SSSR count). The Kier molecular flexibility index (Phi) is 3.55. The van der Waals surface area contributed by atoms with Crippen molar-refractivity contribution >= 4 is 24.2 Å². The van der Waals surface area contributed by atoms with Gasteiger partial charge < -0.3 is 0 Å². The van der Waals surface area contributed by atoms with Crippen LogP contribution in [0.3, 0.4) is 0 Å². The summed E-state index contributed by atoms with van der Waals surface area (Å²) in [4.78, 5) is 22.6. The van der Waals surface area contributed by atoms with Crippen LogP contribution < -0.4 is 5.32 Å². The predicted octanol–water partition coefficient (Wildman–Crippen LogP) is 0.421. The van der Waals surface area contributed by atoms with Crippen molar-refractivity contribution in [3.8, 4) is 0 Å². The van der Waals surface area contributed by atoms with Crippen LogP contribution >= 0.6 is 0 Å². The van der Waals surface area contributed by atoms with E-state index in [2.05, 4.69) is 25.9 Å². The number of hydrogen-bond acceptors (Lipinski definition) is 5. The van der Waals surface area contributed by atoms with Gasteiger partial charge in [0.05, 0.1) is 5.57 Å². The molecule has 1 amide bonds. The van der Waals surface area contributed by atoms with Gasteiger partial charge in [0.25, 0.3) is 11.9 Å². The first-order chi connectivity index (χ1) is 8.79. The van der Waals surface area contributed by atoms with Gasteiger partial charge in [-0.05, 0) is 16.9 Å². The average Bonchev–Trinajstić information content (AvgIpc) is 2.90. The zero-order valence-electron chi connectivity index (χ0n) is 9.20. The summed E-state index contributed by atoms with van der Waals surface area (Å²) in [5.41, 5.74) is 0.730. The highest BCUT2D eigenvalue weighted by Crippen LogP contribution is 2.06. The Balaban J connectivity index is 2.16. The van der Waals surface area contributed by atoms with Crippen LogP contribution in [-0.4, -0.2) is 32.8 Å². The highest BCUT2D eigenvalue weighted by Gasteiger charge is 2.10. The number of carbonyl (C=O) groups is 2. The van der Waals surface area contributed by atoms with Crippen LogP contribution in [0.15, 0.2) is 35.9 Å². The van der Waals surface area contributed by atoms with Gasteiger partial charge in [-0.15, -0.1) is 5.10 Å². The molecule has 0 aliphatic heterocycles. The highest BCUT2D eigenvalue weighted by atomic mass is 16.2. The third-order valence-electron chi connectivity index (χ3n) is 2.08. The maximum absolute atomic E-state index is 11.7. The maximum atomic E-state index is 11.7. The van der Waals surface area contributed by atoms with E-state index in [1.807, 2.05) is 18.2 Å². The maximum Gasteiger partial charge on any atom is 0.270 e. The molecule has 7 nitrogen and oxygen atoms in total. The Morgan fingerprint density at radius 2 is 2.06 bits per heavy atom. The summed E-state index contributed by atoms with van der Waals surface area (Å²) in [6.45, 7) is 0. The number of tetrazole rings is 1. The summed E-state index contributed by atoms with van der Waals surface area (Å²) >= 11 is 0. The fraction of sp³-hybridized carbons (Fsp3) is 0. The molecule has 0 atom stereocenters. The number of nitrogens with one attached hydrogen (secondary N) is 2. The summed E-state index contributed by atoms with van der Waals surface area (Å²) in [6.07, 6.45) is 1.95. The Hall–Kier alpha value is -2.83. The van der Waals surface area contributed by atoms with Crippen molar-refractivity contribution in [2.24, 2.45) is 0 Å². The summed E-state index contributed by atoms with van der Waals surface area (Å²) in [5, 5.41) is 14.9. The van der Waals surface area contributed by atoms with Gasteiger partial charge in [0.1, 0.15) is 0 Å². The van der Waals surface area contributed by atoms with E-state index in [0.717, 1.165) is 5.56 Å². The van der Waals surface area contributed by atoms with Crippen LogP contribution in [0, 0.1) is 0 Å². The molecule has 7 heteroatoms. The number of H-pyrrole nitrogens is 1. The van der Waals surface area contributed by atoms with E-state index in [0.29, 0.717) is 6.29 Å². The van der Waals surface area contributed by atoms with E-state index in [1.54, 1.807) is 12.1 Å². The van der Waals surface area contributed by atoms with Crippen LogP contribution in [0.4, 0.5) is 5.95 Å². The standard InChI is InChI=1S/C11H9N5O2/c17-7-9(6-8-4-2-1-3-5-8)10(18)12-11-13-15-16-14-11/h1-7H,(H2,12,13,14,15,16,18). The van der Waals surface area contributed by atoms with Crippen molar-refractivity contribution < 1.29 is 9.59 Å². The van der Waals surface area contributed by atoms with Gasteiger partial charge in [0.2, 0.25) is 0 Å². The number of aromatic nitrogens is 4. The van der Waals surface area contributed by atoms with Gasteiger partial charge in [0.15, 0.2) is 6.29 Å². The molecule has 1 aromatic heterocycles. The minimum atomic E-state index is -0.588. The van der Waals surface area contributed by atoms with Crippen molar-refractivity contribution in [3.05, 3.63) is 41.5 Å². The number of aldehydes is 1. The third-order valence-corrected chi connectivity index (χ3v) is 2.08. The van der Waals surface area contributed by atoms with E-state index in [4.69, 9.17) is 0 Å². The van der Waals surface area contributed by atoms with Crippen LogP contribution in [0.2, 0.25) is 0 Å². The Labute approximate surface area is 102 Å². The number of rotatable bonds is 4. The van der Waals surface area contributed by atoms with Crippen LogP contribution in [0.1, 0.15) is 5.56 Å². The van der Waals surface area contributed by atoms with Gasteiger partial charge >= 0.3 is 0 Å². The second-order valence-electron chi connectivity index (χ2n) is 3.32. The van der Waals surface area contributed by atoms with Gasteiger partial charge in [-0.3, -0.25) is 14.9 Å². The first kappa shape index (κ1) is 11.6. The molecule has 0 aliphatic carbocycles. The highest BCUT2D eigenvalue weighted by molar-refractivity contribution is 6.19. The lowest BCUT2D eigenvalue weighted by Crippen LogP contribution is -2.16. The van der Waals surface area contributed by atoms with Crippen LogP contribution in [0.5, 0.6) is 0 Å². The summed E-state index contributed by atoms with van der Waals surface area (Å²) < 4.78 is 0. The molecular weight excluding hydrogens is 234 g/mol. The first-order valence-corrected chi connectivity index (χ1v) is 5.06. The molecule has 0 saturated heterocycles. The van der Waals surface area contributed by atoms with E-state index in [9.17, 15) is 9.59 Å². The van der Waals surface area contributed by atoms with Gasteiger partial charge in [-0.2, -0.15) is 5.21 Å². The molecule has 1 heterocycles. The Bertz CT molecular complexity index is 562. The normalized spacial score (nSPS) is 11.0. The van der Waals surface area contributed by atoms with Gasteiger partial charge in [-0.25, -0.2) is 0 Å². The number of hydrogen-bond donors (Lipinski definition) is 2. The summed E-state index contributed by atoms with van der Waals surface area (Å²) in [5.74, 6) is -0.573. The van der Waals surface area contributed by atoms with Crippen molar-refractivity contribution in [1.29, 1.82) is 0 Å². The molecule has 2 N–H and O–H groups in total. The van der Waals surface area contributed by atoms with Gasteiger partial charge in [0, 0.05) is 0 Å². The fourth-order valence-corrected chi connectivity index (χ4v) is 1.27. The minimum absolute atomic E-state index is 0.0146. The van der Waals surface area contributed by atoms with E-state index >= 15 is 0 Å². The number of carbonyl (C=O) groups excluding carboxylic acids is 2. The van der Waals surface area contributed by atoms with Gasteiger partial charge in [-0.1, -0.05) is 35.4 Å². The molecule has 18 heavy (non-hydrogen) atoms. The van der Waals surface area contributed by atoms with Crippen LogP contribution in [0.25, 0.3) is 6.08 Å². The largest absolute Gasteiger partial charge is 0.298 e. The molecule has 0 aliphatic rings. The summed E-state index contributed by atoms with van der Waals surface area (Å²) in [6, 6.07) is 9.03. The first-order valence-electron chi connectivity index (χ1n) is 5.06. The fourth-order valence-electron chi connectivity index (χ4n) is 1.27. The smallest absolute Gasteiger partial charge is 0.270 e. The quantitative estimate of drug-likeness (QED) is 0.351. The molecule has 0 saturated carbocycles. The molecule has 0 unspecified atom stereocenters. The van der Waals surface area contributed by atoms with Crippen molar-refractivity contribution in [1.82, 2.24) is 20.6 Å². The number of anilines is 1. The zero-order valence-corrected chi connectivity index (χ0v) is 9.20. The second kappa shape index (κ2) is 5.48. The lowest BCUT2D eigenvalue weighted by atomic mass is 10.1. The summed E-state index contributed by atoms with van der Waals surface area (Å²) in [7, 11) is 0. The minimum Gasteiger partial charge on any atom is -0.298 e. The molecular formula is C11H9N5O2. The monoisotopic (exact) mass is 243 g/mol. The lowest BCUT2D eigenvalue weighted by molar-refractivity contribution is -0.115.